The zero-order chi connectivity index (χ0) is 59.9. The Bertz CT molecular complexity index is 1260. The van der Waals surface area contributed by atoms with E-state index in [1.165, 1.54) is 372 Å². The summed E-state index contributed by atoms with van der Waals surface area (Å²) < 4.78 is 5.51. The van der Waals surface area contributed by atoms with Crippen LogP contribution in [-0.4, -0.2) is 47.4 Å². The molecule has 0 aliphatic rings. The lowest BCUT2D eigenvalue weighted by molar-refractivity contribution is -0.143. The van der Waals surface area contributed by atoms with E-state index in [-0.39, 0.29) is 18.5 Å². The van der Waals surface area contributed by atoms with Gasteiger partial charge >= 0.3 is 5.97 Å². The molecule has 0 bridgehead atoms. The molecule has 0 rings (SSSR count). The molecule has 1 amide bonds. The van der Waals surface area contributed by atoms with Crippen molar-refractivity contribution in [3.63, 3.8) is 0 Å². The van der Waals surface area contributed by atoms with E-state index < -0.39 is 12.1 Å². The smallest absolute Gasteiger partial charge is 0.305 e. The highest BCUT2D eigenvalue weighted by Crippen LogP contribution is 2.20. The number of hydrogen-bond acceptors (Lipinski definition) is 5. The van der Waals surface area contributed by atoms with Gasteiger partial charge in [0.25, 0.3) is 0 Å². The highest BCUT2D eigenvalue weighted by molar-refractivity contribution is 5.76. The van der Waals surface area contributed by atoms with Crippen molar-refractivity contribution in [1.29, 1.82) is 0 Å². The predicted molar refractivity (Wildman–Crippen MR) is 366 cm³/mol. The van der Waals surface area contributed by atoms with Gasteiger partial charge in [-0.2, -0.15) is 0 Å². The summed E-state index contributed by atoms with van der Waals surface area (Å²) in [4.78, 5) is 24.6. The van der Waals surface area contributed by atoms with Crippen LogP contribution in [0.2, 0.25) is 0 Å². The Hall–Kier alpha value is -1.40. The Morgan fingerprint density at radius 2 is 0.566 bits per heavy atom. The van der Waals surface area contributed by atoms with E-state index in [1.807, 2.05) is 0 Å². The summed E-state index contributed by atoms with van der Waals surface area (Å²) in [5.74, 6) is -0.00600. The van der Waals surface area contributed by atoms with Gasteiger partial charge in [-0.15, -0.1) is 0 Å². The topological polar surface area (TPSA) is 95.9 Å². The maximum atomic E-state index is 12.5. The Morgan fingerprint density at radius 3 is 0.855 bits per heavy atom. The van der Waals surface area contributed by atoms with Gasteiger partial charge in [-0.3, -0.25) is 9.59 Å². The molecule has 0 saturated carbocycles. The van der Waals surface area contributed by atoms with Crippen LogP contribution >= 0.6 is 0 Å². The Labute approximate surface area is 520 Å². The molecule has 0 saturated heterocycles. The molecule has 0 aromatic rings. The van der Waals surface area contributed by atoms with Crippen LogP contribution in [0.25, 0.3) is 0 Å². The van der Waals surface area contributed by atoms with Crippen molar-refractivity contribution in [3.8, 4) is 0 Å². The quantitative estimate of drug-likeness (QED) is 0.0320. The molecule has 0 heterocycles. The Morgan fingerprint density at radius 1 is 0.325 bits per heavy atom. The summed E-state index contributed by atoms with van der Waals surface area (Å²) in [5.41, 5.74) is 0. The number of allylic oxidation sites excluding steroid dienone is 2. The number of rotatable bonds is 73. The third-order valence-electron chi connectivity index (χ3n) is 18.3. The van der Waals surface area contributed by atoms with Gasteiger partial charge in [-0.25, -0.2) is 0 Å². The van der Waals surface area contributed by atoms with Gasteiger partial charge in [0.1, 0.15) is 0 Å². The number of amides is 1. The lowest BCUT2D eigenvalue weighted by Gasteiger charge is -2.22. The molecule has 0 spiro atoms. The van der Waals surface area contributed by atoms with Crippen molar-refractivity contribution in [1.82, 2.24) is 5.32 Å². The van der Waals surface area contributed by atoms with Gasteiger partial charge in [-0.05, 0) is 51.4 Å². The first-order chi connectivity index (χ1) is 41.0. The number of hydrogen-bond donors (Lipinski definition) is 3. The summed E-state index contributed by atoms with van der Waals surface area (Å²) in [6.07, 6.45) is 91.6. The van der Waals surface area contributed by atoms with Crippen LogP contribution in [0.3, 0.4) is 0 Å². The van der Waals surface area contributed by atoms with E-state index in [4.69, 9.17) is 4.74 Å². The zero-order valence-electron chi connectivity index (χ0n) is 56.7. The van der Waals surface area contributed by atoms with Crippen LogP contribution in [0.15, 0.2) is 12.2 Å². The summed E-state index contributed by atoms with van der Waals surface area (Å²) in [6, 6.07) is -0.536. The molecule has 0 aliphatic carbocycles. The third-order valence-corrected chi connectivity index (χ3v) is 18.3. The second-order valence-corrected chi connectivity index (χ2v) is 26.7. The normalized spacial score (nSPS) is 12.5. The number of aliphatic hydroxyl groups is 2. The molecule has 0 aliphatic heterocycles. The Balaban J connectivity index is 3.28. The molecule has 6 heteroatoms. The standard InChI is InChI=1S/C77H151NO5/c1-3-5-7-9-11-13-15-17-19-39-43-47-51-55-59-63-67-71-77(82)83-72-68-64-60-56-52-48-44-41-38-36-34-32-30-28-26-24-22-20-21-23-25-27-29-31-33-35-37-40-42-46-50-54-58-62-66-70-76(81)78-74(73-79)75(80)69-65-61-57-53-49-45-18-16-14-12-10-8-6-4-2/h17,19,74-75,79-80H,3-16,18,20-73H2,1-2H3,(H,78,81)/b19-17-. The van der Waals surface area contributed by atoms with E-state index in [0.717, 1.165) is 38.5 Å². The summed E-state index contributed by atoms with van der Waals surface area (Å²) in [5, 5.41) is 23.3. The number of esters is 1. The lowest BCUT2D eigenvalue weighted by atomic mass is 10.0. The van der Waals surface area contributed by atoms with Gasteiger partial charge in [0.05, 0.1) is 25.4 Å². The molecule has 494 valence electrons. The molecule has 0 fully saturated rings. The molecular weight excluding hydrogens is 1020 g/mol. The van der Waals surface area contributed by atoms with Crippen LogP contribution in [0.5, 0.6) is 0 Å². The Kier molecular flexibility index (Phi) is 71.8. The maximum absolute atomic E-state index is 12.5. The van der Waals surface area contributed by atoms with Crippen molar-refractivity contribution in [2.45, 2.75) is 456 Å². The van der Waals surface area contributed by atoms with Crippen LogP contribution in [0, 0.1) is 0 Å². The van der Waals surface area contributed by atoms with E-state index in [2.05, 4.69) is 31.3 Å². The fourth-order valence-corrected chi connectivity index (χ4v) is 12.5. The molecule has 2 atom stereocenters. The van der Waals surface area contributed by atoms with E-state index >= 15 is 0 Å². The van der Waals surface area contributed by atoms with Crippen molar-refractivity contribution < 1.29 is 24.5 Å². The largest absolute Gasteiger partial charge is 0.466 e. The molecule has 0 aromatic heterocycles. The van der Waals surface area contributed by atoms with Crippen molar-refractivity contribution >= 4 is 11.9 Å². The molecule has 83 heavy (non-hydrogen) atoms. The summed E-state index contributed by atoms with van der Waals surface area (Å²) in [7, 11) is 0. The van der Waals surface area contributed by atoms with Crippen molar-refractivity contribution in [3.05, 3.63) is 12.2 Å². The second kappa shape index (κ2) is 73.1. The van der Waals surface area contributed by atoms with Gasteiger partial charge < -0.3 is 20.3 Å². The first kappa shape index (κ1) is 81.6. The van der Waals surface area contributed by atoms with Crippen LogP contribution in [0.1, 0.15) is 444 Å². The number of unbranched alkanes of at least 4 members (excludes halogenated alkanes) is 60. The first-order valence-electron chi connectivity index (χ1n) is 38.4. The summed E-state index contributed by atoms with van der Waals surface area (Å²) in [6.45, 7) is 4.99. The molecule has 2 unspecified atom stereocenters. The number of carbonyl (C=O) groups is 2. The van der Waals surface area contributed by atoms with E-state index in [9.17, 15) is 19.8 Å². The van der Waals surface area contributed by atoms with Crippen molar-refractivity contribution in [2.75, 3.05) is 13.2 Å². The minimum absolute atomic E-state index is 0.0203. The van der Waals surface area contributed by atoms with Crippen LogP contribution in [0.4, 0.5) is 0 Å². The summed E-state index contributed by atoms with van der Waals surface area (Å²) >= 11 is 0. The van der Waals surface area contributed by atoms with Gasteiger partial charge in [-0.1, -0.05) is 392 Å². The second-order valence-electron chi connectivity index (χ2n) is 26.7. The van der Waals surface area contributed by atoms with Crippen molar-refractivity contribution in [2.24, 2.45) is 0 Å². The molecule has 0 radical (unpaired) electrons. The molecule has 6 nitrogen and oxygen atoms in total. The average molecular weight is 1170 g/mol. The fraction of sp³-hybridized carbons (Fsp3) is 0.948. The van der Waals surface area contributed by atoms with E-state index in [0.29, 0.717) is 25.9 Å². The van der Waals surface area contributed by atoms with E-state index in [1.54, 1.807) is 0 Å². The monoisotopic (exact) mass is 1170 g/mol. The third kappa shape index (κ3) is 69.6. The number of nitrogens with one attached hydrogen (secondary N) is 1. The number of ether oxygens (including phenoxy) is 1. The minimum Gasteiger partial charge on any atom is -0.466 e. The number of carbonyl (C=O) groups excluding carboxylic acids is 2. The van der Waals surface area contributed by atoms with Crippen LogP contribution in [-0.2, 0) is 14.3 Å². The predicted octanol–water partition coefficient (Wildman–Crippen LogP) is 25.1. The first-order valence-corrected chi connectivity index (χ1v) is 38.4. The average Bonchev–Trinajstić information content (AvgIpc) is 3.49. The maximum Gasteiger partial charge on any atom is 0.305 e. The lowest BCUT2D eigenvalue weighted by Crippen LogP contribution is -2.45. The number of aliphatic hydroxyl groups excluding tert-OH is 2. The zero-order valence-corrected chi connectivity index (χ0v) is 56.7. The van der Waals surface area contributed by atoms with Gasteiger partial charge in [0, 0.05) is 12.8 Å². The van der Waals surface area contributed by atoms with Crippen LogP contribution < -0.4 is 5.32 Å². The highest BCUT2D eigenvalue weighted by Gasteiger charge is 2.20. The highest BCUT2D eigenvalue weighted by atomic mass is 16.5. The minimum atomic E-state index is -0.659. The SMILES string of the molecule is CCCCCCCC/C=C\CCCCCCCCCC(=O)OCCCCCCCCCCCCCCCCCCCCCCCCCCCCCCCCCCCCCC(=O)NC(CO)C(O)CCCCCCCCCCCCCCCC. The fourth-order valence-electron chi connectivity index (χ4n) is 12.5. The van der Waals surface area contributed by atoms with Gasteiger partial charge in [0.2, 0.25) is 5.91 Å². The molecular formula is C77H151NO5. The molecule has 0 aromatic carbocycles. The molecule has 3 N–H and O–H groups in total. The van der Waals surface area contributed by atoms with Gasteiger partial charge in [0.15, 0.2) is 0 Å².